The average molecular weight is 1340 g/mol. The third kappa shape index (κ3) is 15.6. The molecule has 4 saturated heterocycles. The number of aryl methyl sites for hydroxylation is 2. The molecule has 4 aliphatic rings. The number of ketones is 3. The van der Waals surface area contributed by atoms with Crippen molar-refractivity contribution in [2.24, 2.45) is 0 Å². The number of pyridine rings is 3. The standard InChI is InChI=1S/C27H33ClN4O.C27H26N6O3.C23H24N4O2/c1-20-26(25(33)19-31-14-3-2-4-15-31)27-24(32(20)23-9-7-22(28)8-10-23)17-21(18-29-27)11-16-30-12-5-6-13-30;1-17-26(24(35)16-32-12-10-22(34)11-13-32)27-23(33(17)21-7-5-20(28-3)6-8-21)14-19(15-29-27)4-9-25-31-30-18(2)36-25;1-15-12-20-23(25-13-15)22(21(29)14-26-10-8-19(28)9-11-26)16(2)27(20)18-6-4-17(24-3)5-7-18/h7-10,17-18H,2-6,11-16,19H2,1H3;4-9,14-15,22,34H,10-13,16H2,1-2H3;4-7,12-13,19,28H,8-11,14H2,1-2H3/b;9-4+;. The molecule has 0 amide bonds. The van der Waals surface area contributed by atoms with E-state index in [0.29, 0.717) is 102 Å². The number of aliphatic hydroxyl groups is 2. The first-order valence-electron chi connectivity index (χ1n) is 34.0. The van der Waals surface area contributed by atoms with Gasteiger partial charge >= 0.3 is 0 Å². The van der Waals surface area contributed by atoms with Crippen LogP contribution in [0.5, 0.6) is 0 Å². The van der Waals surface area contributed by atoms with Crippen LogP contribution in [-0.2, 0) is 6.42 Å². The lowest BCUT2D eigenvalue weighted by Crippen LogP contribution is -2.39. The minimum Gasteiger partial charge on any atom is -0.422 e. The summed E-state index contributed by atoms with van der Waals surface area (Å²) >= 11 is 6.16. The van der Waals surface area contributed by atoms with E-state index < -0.39 is 0 Å². The van der Waals surface area contributed by atoms with Crippen LogP contribution >= 0.6 is 11.6 Å². The van der Waals surface area contributed by atoms with Crippen molar-refractivity contribution in [3.05, 3.63) is 200 Å². The first-order valence-corrected chi connectivity index (χ1v) is 34.4. The number of halogens is 1. The Labute approximate surface area is 576 Å². The van der Waals surface area contributed by atoms with Crippen molar-refractivity contribution in [3.63, 3.8) is 0 Å². The number of hydrogen-bond donors (Lipinski definition) is 2. The molecule has 14 rings (SSSR count). The summed E-state index contributed by atoms with van der Waals surface area (Å²) in [5, 5.41) is 28.1. The van der Waals surface area contributed by atoms with E-state index in [-0.39, 0.29) is 36.1 Å². The lowest BCUT2D eigenvalue weighted by molar-refractivity contribution is 0.0711. The third-order valence-corrected chi connectivity index (χ3v) is 19.5. The molecule has 504 valence electrons. The maximum absolute atomic E-state index is 13.5. The van der Waals surface area contributed by atoms with Gasteiger partial charge in [-0.1, -0.05) is 42.3 Å². The van der Waals surface area contributed by atoms with Gasteiger partial charge in [0.25, 0.3) is 0 Å². The Balaban J connectivity index is 0.000000141. The Morgan fingerprint density at radius 2 is 0.939 bits per heavy atom. The molecule has 3 aromatic carbocycles. The molecule has 10 aromatic rings. The molecule has 0 unspecified atom stereocenters. The Morgan fingerprint density at radius 1 is 0.520 bits per heavy atom. The van der Waals surface area contributed by atoms with Gasteiger partial charge < -0.3 is 33.2 Å². The van der Waals surface area contributed by atoms with Crippen LogP contribution in [0.2, 0.25) is 5.02 Å². The summed E-state index contributed by atoms with van der Waals surface area (Å²) in [6.07, 6.45) is 18.5. The minimum absolute atomic E-state index is 0.00236. The summed E-state index contributed by atoms with van der Waals surface area (Å²) in [4.78, 5) is 70.4. The molecule has 0 spiro atoms. The van der Waals surface area contributed by atoms with E-state index in [1.807, 2.05) is 105 Å². The normalized spacial score (nSPS) is 16.1. The second-order valence-corrected chi connectivity index (χ2v) is 26.7. The van der Waals surface area contributed by atoms with Crippen molar-refractivity contribution in [2.45, 2.75) is 111 Å². The average Bonchev–Trinajstić information content (AvgIpc) is 1.62. The van der Waals surface area contributed by atoms with E-state index in [9.17, 15) is 24.6 Å². The highest BCUT2D eigenvalue weighted by molar-refractivity contribution is 6.30. The molecular formula is C77H83ClN14O6. The third-order valence-electron chi connectivity index (χ3n) is 19.3. The van der Waals surface area contributed by atoms with Gasteiger partial charge in [-0.3, -0.25) is 44.0 Å². The van der Waals surface area contributed by atoms with Crippen LogP contribution in [0, 0.1) is 47.8 Å². The van der Waals surface area contributed by atoms with Crippen molar-refractivity contribution < 1.29 is 29.0 Å². The van der Waals surface area contributed by atoms with Crippen molar-refractivity contribution in [1.82, 2.24) is 58.5 Å². The van der Waals surface area contributed by atoms with Gasteiger partial charge in [-0.15, -0.1) is 10.2 Å². The summed E-state index contributed by atoms with van der Waals surface area (Å²) < 4.78 is 11.7. The quantitative estimate of drug-likeness (QED) is 0.0642. The second-order valence-electron chi connectivity index (χ2n) is 26.3. The van der Waals surface area contributed by atoms with E-state index in [1.54, 1.807) is 49.7 Å². The van der Waals surface area contributed by atoms with Gasteiger partial charge in [0.05, 0.1) is 94.8 Å². The van der Waals surface area contributed by atoms with Crippen LogP contribution in [0.4, 0.5) is 11.4 Å². The first kappa shape index (κ1) is 68.6. The van der Waals surface area contributed by atoms with Gasteiger partial charge in [-0.05, 0) is 201 Å². The van der Waals surface area contributed by atoms with Crippen LogP contribution < -0.4 is 0 Å². The molecule has 4 aliphatic heterocycles. The predicted molar refractivity (Wildman–Crippen MR) is 384 cm³/mol. The number of aromatic nitrogens is 8. The molecule has 11 heterocycles. The van der Waals surface area contributed by atoms with Crippen LogP contribution in [-0.4, -0.2) is 177 Å². The van der Waals surface area contributed by atoms with Gasteiger partial charge in [0.15, 0.2) is 28.7 Å². The lowest BCUT2D eigenvalue weighted by atomic mass is 10.1. The number of aliphatic hydroxyl groups excluding tert-OH is 2. The van der Waals surface area contributed by atoms with Gasteiger partial charge in [0.2, 0.25) is 11.8 Å². The summed E-state index contributed by atoms with van der Waals surface area (Å²) in [6, 6.07) is 28.8. The molecule has 98 heavy (non-hydrogen) atoms. The Morgan fingerprint density at radius 3 is 1.41 bits per heavy atom. The molecule has 4 fully saturated rings. The number of nitrogens with zero attached hydrogens (tertiary/aromatic N) is 14. The van der Waals surface area contributed by atoms with Gasteiger partial charge in [-0.2, -0.15) is 0 Å². The van der Waals surface area contributed by atoms with Crippen LogP contribution in [0.25, 0.3) is 72.0 Å². The number of piperidine rings is 3. The summed E-state index contributed by atoms with van der Waals surface area (Å²) in [7, 11) is 0. The zero-order valence-corrected chi connectivity index (χ0v) is 57.2. The monoisotopic (exact) mass is 1330 g/mol. The zero-order valence-electron chi connectivity index (χ0n) is 56.4. The number of carbonyl (C=O) groups excluding carboxylic acids is 3. The number of fused-ring (bicyclic) bond motifs is 3. The first-order chi connectivity index (χ1) is 47.5. The van der Waals surface area contributed by atoms with E-state index >= 15 is 0 Å². The topological polar surface area (TPSA) is 206 Å². The highest BCUT2D eigenvalue weighted by atomic mass is 35.5. The maximum atomic E-state index is 13.5. The number of benzene rings is 3. The molecule has 20 nitrogen and oxygen atoms in total. The highest BCUT2D eigenvalue weighted by Gasteiger charge is 2.30. The van der Waals surface area contributed by atoms with E-state index in [1.165, 1.54) is 50.8 Å². The minimum atomic E-state index is -0.289. The largest absolute Gasteiger partial charge is 0.422 e. The molecule has 7 aromatic heterocycles. The number of rotatable bonds is 17. The molecule has 0 saturated carbocycles. The number of carbonyl (C=O) groups is 3. The molecule has 0 bridgehead atoms. The van der Waals surface area contributed by atoms with Crippen molar-refractivity contribution in [3.8, 4) is 17.1 Å². The second kappa shape index (κ2) is 31.0. The van der Waals surface area contributed by atoms with Gasteiger partial charge in [-0.25, -0.2) is 9.69 Å². The molecule has 0 radical (unpaired) electrons. The molecular weight excluding hydrogens is 1250 g/mol. The summed E-state index contributed by atoms with van der Waals surface area (Å²) in [6.45, 7) is 33.5. The lowest BCUT2D eigenvalue weighted by Gasteiger charge is -2.28. The number of hydrogen-bond acceptors (Lipinski definition) is 15. The fourth-order valence-corrected chi connectivity index (χ4v) is 14.3. The van der Waals surface area contributed by atoms with Crippen molar-refractivity contribution >= 4 is 85.6 Å². The van der Waals surface area contributed by atoms with Crippen LogP contribution in [0.15, 0.2) is 114 Å². The molecule has 0 aliphatic carbocycles. The Hall–Kier alpha value is -9.35. The van der Waals surface area contributed by atoms with E-state index in [4.69, 9.17) is 39.1 Å². The van der Waals surface area contributed by atoms with Crippen molar-refractivity contribution in [2.75, 3.05) is 78.5 Å². The fraction of sp³-hybridized carbons (Fsp3) is 0.377. The SMILES string of the molecule is Cc1c(C(=O)CN2CCCCC2)c2ncc(CCN3CCCC3)cc2n1-c1ccc(Cl)cc1.[C-]#[N+]c1ccc(-n2c(C)c(C(=O)CN3CCC(O)CC3)c3ncc(/C=C/c4nnc(C)o4)cc32)cc1.[C-]#[N+]c1ccc(-n2c(C)c(C(=O)CN3CCC(O)CC3)c3ncc(C)cc32)cc1. The zero-order chi connectivity index (χ0) is 68.6. The summed E-state index contributed by atoms with van der Waals surface area (Å²) in [5.41, 5.74) is 16.4. The Bertz CT molecular complexity index is 4640. The van der Waals surface area contributed by atoms with E-state index in [2.05, 4.69) is 59.7 Å². The molecule has 0 atom stereocenters. The van der Waals surface area contributed by atoms with Gasteiger partial charge in [0.1, 0.15) is 0 Å². The number of likely N-dealkylation sites (tertiary alicyclic amines) is 4. The molecule has 21 heteroatoms. The number of Topliss-reactive ketones (excluding diaryl/α,β-unsaturated/α-hetero) is 3. The van der Waals surface area contributed by atoms with Crippen molar-refractivity contribution in [1.29, 1.82) is 0 Å². The summed E-state index contributed by atoms with van der Waals surface area (Å²) in [5.74, 6) is 1.11. The maximum Gasteiger partial charge on any atom is 0.240 e. The smallest absolute Gasteiger partial charge is 0.240 e. The van der Waals surface area contributed by atoms with Crippen LogP contribution in [0.3, 0.4) is 0 Å². The predicted octanol–water partition coefficient (Wildman–Crippen LogP) is 13.5. The Kier molecular flexibility index (Phi) is 21.7. The molecule has 2 N–H and O–H groups in total. The van der Waals surface area contributed by atoms with E-state index in [0.717, 1.165) is 112 Å². The fourth-order valence-electron chi connectivity index (χ4n) is 14.1. The van der Waals surface area contributed by atoms with Crippen LogP contribution in [0.1, 0.15) is 134 Å². The highest BCUT2D eigenvalue weighted by Crippen LogP contribution is 2.35. The van der Waals surface area contributed by atoms with Gasteiger partial charge in [0, 0.05) is 103 Å².